The van der Waals surface area contributed by atoms with Gasteiger partial charge in [0.25, 0.3) is 5.91 Å². The summed E-state index contributed by atoms with van der Waals surface area (Å²) in [5, 5.41) is 6.34. The van der Waals surface area contributed by atoms with Gasteiger partial charge in [0, 0.05) is 24.9 Å². The van der Waals surface area contributed by atoms with Crippen molar-refractivity contribution in [1.82, 2.24) is 10.7 Å². The van der Waals surface area contributed by atoms with Gasteiger partial charge in [0.2, 0.25) is 5.91 Å². The number of likely N-dealkylation sites (N-methyl/N-ethyl adjacent to an activating group) is 1. The quantitative estimate of drug-likeness (QED) is 0.488. The molecule has 0 bridgehead atoms. The van der Waals surface area contributed by atoms with Crippen molar-refractivity contribution in [3.05, 3.63) is 41.5 Å². The van der Waals surface area contributed by atoms with Gasteiger partial charge in [-0.3, -0.25) is 9.59 Å². The van der Waals surface area contributed by atoms with E-state index in [4.69, 9.17) is 0 Å². The van der Waals surface area contributed by atoms with Gasteiger partial charge < -0.3 is 5.32 Å². The minimum absolute atomic E-state index is 0.171. The highest BCUT2D eigenvalue weighted by Gasteiger charge is 2.03. The molecule has 5 heteroatoms. The van der Waals surface area contributed by atoms with Crippen LogP contribution in [0.1, 0.15) is 29.8 Å². The Labute approximate surface area is 118 Å². The molecule has 0 unspecified atom stereocenters. The first-order chi connectivity index (χ1) is 9.52. The third-order valence-corrected chi connectivity index (χ3v) is 2.39. The molecule has 0 fully saturated rings. The first kappa shape index (κ1) is 15.6. The van der Waals surface area contributed by atoms with Crippen molar-refractivity contribution in [3.8, 4) is 0 Å². The lowest BCUT2D eigenvalue weighted by Gasteiger charge is -2.01. The number of hydrazone groups is 1. The van der Waals surface area contributed by atoms with Gasteiger partial charge in [-0.15, -0.1) is 0 Å². The largest absolute Gasteiger partial charge is 0.356 e. The van der Waals surface area contributed by atoms with E-state index in [-0.39, 0.29) is 17.7 Å². The smallest absolute Gasteiger partial charge is 0.271 e. The van der Waals surface area contributed by atoms with Gasteiger partial charge in [0.15, 0.2) is 0 Å². The van der Waals surface area contributed by atoms with Crippen molar-refractivity contribution in [2.75, 3.05) is 7.05 Å². The number of nitrogens with one attached hydrogen (secondary N) is 2. The van der Waals surface area contributed by atoms with Crippen LogP contribution in [0.4, 0.5) is 0 Å². The first-order valence-corrected chi connectivity index (χ1v) is 6.36. The molecule has 0 aromatic heterocycles. The van der Waals surface area contributed by atoms with Crippen LogP contribution in [0.2, 0.25) is 0 Å². The van der Waals surface area contributed by atoms with Crippen LogP contribution in [0.15, 0.2) is 35.4 Å². The van der Waals surface area contributed by atoms with Gasteiger partial charge in [-0.25, -0.2) is 5.43 Å². The summed E-state index contributed by atoms with van der Waals surface area (Å²) in [5.41, 5.74) is 3.82. The van der Waals surface area contributed by atoms with Crippen LogP contribution in [-0.2, 0) is 4.79 Å². The van der Waals surface area contributed by atoms with Crippen molar-refractivity contribution in [3.63, 3.8) is 0 Å². The minimum atomic E-state index is -0.260. The maximum absolute atomic E-state index is 11.7. The molecule has 1 aromatic carbocycles. The van der Waals surface area contributed by atoms with Crippen LogP contribution in [0.25, 0.3) is 6.08 Å². The number of hydrogen-bond acceptors (Lipinski definition) is 3. The van der Waals surface area contributed by atoms with E-state index >= 15 is 0 Å². The van der Waals surface area contributed by atoms with Gasteiger partial charge >= 0.3 is 0 Å². The van der Waals surface area contributed by atoms with Gasteiger partial charge in [0.05, 0.1) is 0 Å². The molecule has 0 aliphatic heterocycles. The second kappa shape index (κ2) is 7.89. The molecule has 20 heavy (non-hydrogen) atoms. The molecule has 0 spiro atoms. The molecule has 2 N–H and O–H groups in total. The maximum Gasteiger partial charge on any atom is 0.271 e. The predicted octanol–water partition coefficient (Wildman–Crippen LogP) is 1.82. The van der Waals surface area contributed by atoms with Crippen molar-refractivity contribution in [2.45, 2.75) is 13.8 Å². The van der Waals surface area contributed by atoms with E-state index in [9.17, 15) is 9.59 Å². The van der Waals surface area contributed by atoms with Gasteiger partial charge in [0.1, 0.15) is 0 Å². The van der Waals surface area contributed by atoms with E-state index in [1.54, 1.807) is 43.6 Å². The molecular formula is C15H19N3O2. The Balaban J connectivity index is 2.64. The summed E-state index contributed by atoms with van der Waals surface area (Å²) in [5.74, 6) is -0.147. The van der Waals surface area contributed by atoms with E-state index in [2.05, 4.69) is 15.8 Å². The van der Waals surface area contributed by atoms with E-state index in [1.807, 2.05) is 13.8 Å². The molecule has 0 saturated carbocycles. The van der Waals surface area contributed by atoms with Crippen LogP contribution in [-0.4, -0.2) is 25.1 Å². The summed E-state index contributed by atoms with van der Waals surface area (Å²) in [7, 11) is 1.57. The van der Waals surface area contributed by atoms with Crippen LogP contribution in [0.5, 0.6) is 0 Å². The third kappa shape index (κ3) is 5.48. The zero-order valence-electron chi connectivity index (χ0n) is 11.9. The predicted molar refractivity (Wildman–Crippen MR) is 80.3 cm³/mol. The summed E-state index contributed by atoms with van der Waals surface area (Å²) >= 11 is 0. The Morgan fingerprint density at radius 2 is 1.85 bits per heavy atom. The van der Waals surface area contributed by atoms with Crippen LogP contribution >= 0.6 is 0 Å². The highest BCUT2D eigenvalue weighted by molar-refractivity contribution is 5.95. The van der Waals surface area contributed by atoms with Gasteiger partial charge in [-0.1, -0.05) is 26.0 Å². The number of rotatable bonds is 5. The van der Waals surface area contributed by atoms with E-state index in [0.29, 0.717) is 5.56 Å². The minimum Gasteiger partial charge on any atom is -0.356 e. The van der Waals surface area contributed by atoms with Gasteiger partial charge in [-0.05, 0) is 29.7 Å². The zero-order valence-corrected chi connectivity index (χ0v) is 11.9. The molecule has 5 nitrogen and oxygen atoms in total. The van der Waals surface area contributed by atoms with Gasteiger partial charge in [-0.2, -0.15) is 5.10 Å². The molecule has 2 amide bonds. The number of amides is 2. The van der Waals surface area contributed by atoms with Crippen LogP contribution in [0, 0.1) is 5.92 Å². The van der Waals surface area contributed by atoms with E-state index in [0.717, 1.165) is 5.56 Å². The zero-order chi connectivity index (χ0) is 15.0. The maximum atomic E-state index is 11.7. The fraction of sp³-hybridized carbons (Fsp3) is 0.267. The highest BCUT2D eigenvalue weighted by atomic mass is 16.2. The number of nitrogens with zero attached hydrogens (tertiary/aromatic N) is 1. The Morgan fingerprint density at radius 1 is 1.20 bits per heavy atom. The average Bonchev–Trinajstić information content (AvgIpc) is 2.44. The number of carbonyl (C=O) groups excluding carboxylic acids is 2. The van der Waals surface area contributed by atoms with Crippen molar-refractivity contribution in [2.24, 2.45) is 11.0 Å². The fourth-order valence-corrected chi connectivity index (χ4v) is 1.31. The van der Waals surface area contributed by atoms with Crippen molar-refractivity contribution < 1.29 is 9.59 Å². The Kier molecular flexibility index (Phi) is 6.16. The van der Waals surface area contributed by atoms with Crippen LogP contribution < -0.4 is 10.7 Å². The molecule has 0 aliphatic rings. The summed E-state index contributed by atoms with van der Waals surface area (Å²) in [6, 6.07) is 6.90. The topological polar surface area (TPSA) is 70.6 Å². The second-order valence-corrected chi connectivity index (χ2v) is 4.53. The third-order valence-electron chi connectivity index (χ3n) is 2.39. The highest BCUT2D eigenvalue weighted by Crippen LogP contribution is 2.06. The molecule has 1 aromatic rings. The fourth-order valence-electron chi connectivity index (χ4n) is 1.31. The number of benzene rings is 1. The van der Waals surface area contributed by atoms with Crippen molar-refractivity contribution >= 4 is 24.1 Å². The lowest BCUT2D eigenvalue weighted by atomic mass is 10.1. The molecule has 0 radical (unpaired) electrons. The first-order valence-electron chi connectivity index (χ1n) is 6.36. The second-order valence-electron chi connectivity index (χ2n) is 4.53. The summed E-state index contributed by atoms with van der Waals surface area (Å²) in [6.45, 7) is 3.95. The summed E-state index contributed by atoms with van der Waals surface area (Å²) < 4.78 is 0. The van der Waals surface area contributed by atoms with Crippen molar-refractivity contribution in [1.29, 1.82) is 0 Å². The molecular weight excluding hydrogens is 254 g/mol. The Morgan fingerprint density at radius 3 is 2.40 bits per heavy atom. The summed E-state index contributed by atoms with van der Waals surface area (Å²) in [6.07, 6.45) is 4.78. The standard InChI is InChI=1S/C15H19N3O2/c1-11(2)10-17-18-15(20)13-7-4-12(5-8-13)6-9-14(19)16-3/h4-11H,1-3H3,(H,16,19)(H,18,20)/b9-6+,17-10+. The number of carbonyl (C=O) groups is 2. The average molecular weight is 273 g/mol. The molecule has 1 rings (SSSR count). The molecule has 0 aliphatic carbocycles. The molecule has 0 atom stereocenters. The Bertz CT molecular complexity index is 516. The monoisotopic (exact) mass is 273 g/mol. The Hall–Kier alpha value is -2.43. The van der Waals surface area contributed by atoms with Crippen LogP contribution in [0.3, 0.4) is 0 Å². The number of hydrogen-bond donors (Lipinski definition) is 2. The molecule has 0 saturated heterocycles. The van der Waals surface area contributed by atoms with E-state index in [1.165, 1.54) is 6.08 Å². The molecule has 106 valence electrons. The lowest BCUT2D eigenvalue weighted by Crippen LogP contribution is -2.17. The lowest BCUT2D eigenvalue weighted by molar-refractivity contribution is -0.115. The summed E-state index contributed by atoms with van der Waals surface area (Å²) in [4.78, 5) is 22.8. The molecule has 0 heterocycles. The normalized spacial score (nSPS) is 11.2. The van der Waals surface area contributed by atoms with E-state index < -0.39 is 0 Å². The SMILES string of the molecule is CNC(=O)/C=C/c1ccc(C(=O)N/N=C/C(C)C)cc1.